The van der Waals surface area contributed by atoms with E-state index >= 15 is 0 Å². The standard InChI is InChI=1S/C10H22N2/c1-4-10(3,5-2)12-8-6-11-7-9-12/h11H,4-9H2,1-3H3. The van der Waals surface area contributed by atoms with Crippen molar-refractivity contribution in [3.63, 3.8) is 0 Å². The van der Waals surface area contributed by atoms with Crippen molar-refractivity contribution >= 4 is 0 Å². The summed E-state index contributed by atoms with van der Waals surface area (Å²) in [6.45, 7) is 11.7. The quantitative estimate of drug-likeness (QED) is 0.690. The lowest BCUT2D eigenvalue weighted by molar-refractivity contribution is 0.0807. The molecule has 1 aliphatic rings. The van der Waals surface area contributed by atoms with Crippen LogP contribution in [0.15, 0.2) is 0 Å². The third kappa shape index (κ3) is 1.99. The maximum absolute atomic E-state index is 3.39. The number of piperazine rings is 1. The second-order valence-electron chi connectivity index (χ2n) is 3.94. The number of hydrogen-bond acceptors (Lipinski definition) is 2. The van der Waals surface area contributed by atoms with Crippen LogP contribution < -0.4 is 5.32 Å². The van der Waals surface area contributed by atoms with Crippen LogP contribution in [-0.2, 0) is 0 Å². The van der Waals surface area contributed by atoms with Gasteiger partial charge in [-0.2, -0.15) is 0 Å². The van der Waals surface area contributed by atoms with Gasteiger partial charge in [0.05, 0.1) is 0 Å². The van der Waals surface area contributed by atoms with Crippen molar-refractivity contribution in [1.82, 2.24) is 10.2 Å². The molecule has 1 rings (SSSR count). The van der Waals surface area contributed by atoms with Crippen molar-refractivity contribution in [3.8, 4) is 0 Å². The second kappa shape index (κ2) is 4.24. The van der Waals surface area contributed by atoms with E-state index in [1.807, 2.05) is 0 Å². The third-order valence-electron chi connectivity index (χ3n) is 3.40. The molecule has 0 bridgehead atoms. The maximum atomic E-state index is 3.39. The predicted molar refractivity (Wildman–Crippen MR) is 53.4 cm³/mol. The first kappa shape index (κ1) is 10.0. The minimum Gasteiger partial charge on any atom is -0.314 e. The maximum Gasteiger partial charge on any atom is 0.0177 e. The van der Waals surface area contributed by atoms with Gasteiger partial charge in [0.15, 0.2) is 0 Å². The van der Waals surface area contributed by atoms with Crippen LogP contribution in [0.5, 0.6) is 0 Å². The largest absolute Gasteiger partial charge is 0.314 e. The minimum atomic E-state index is 0.447. The number of nitrogens with one attached hydrogen (secondary N) is 1. The van der Waals surface area contributed by atoms with Crippen molar-refractivity contribution in [3.05, 3.63) is 0 Å². The molecule has 0 aliphatic carbocycles. The first-order chi connectivity index (χ1) is 5.73. The Morgan fingerprint density at radius 2 is 1.67 bits per heavy atom. The van der Waals surface area contributed by atoms with Crippen LogP contribution in [0.1, 0.15) is 33.6 Å². The third-order valence-corrected chi connectivity index (χ3v) is 3.40. The first-order valence-corrected chi connectivity index (χ1v) is 5.18. The van der Waals surface area contributed by atoms with Crippen LogP contribution in [-0.4, -0.2) is 36.6 Å². The summed E-state index contributed by atoms with van der Waals surface area (Å²) in [6, 6.07) is 0. The minimum absolute atomic E-state index is 0.447. The zero-order valence-electron chi connectivity index (χ0n) is 8.69. The Morgan fingerprint density at radius 1 is 1.17 bits per heavy atom. The summed E-state index contributed by atoms with van der Waals surface area (Å²) in [4.78, 5) is 2.63. The fourth-order valence-corrected chi connectivity index (χ4v) is 1.90. The van der Waals surface area contributed by atoms with E-state index in [2.05, 4.69) is 31.0 Å². The van der Waals surface area contributed by atoms with Crippen LogP contribution in [0.25, 0.3) is 0 Å². The van der Waals surface area contributed by atoms with E-state index in [4.69, 9.17) is 0 Å². The molecule has 72 valence electrons. The fourth-order valence-electron chi connectivity index (χ4n) is 1.90. The summed E-state index contributed by atoms with van der Waals surface area (Å²) in [7, 11) is 0. The van der Waals surface area contributed by atoms with Gasteiger partial charge in [-0.15, -0.1) is 0 Å². The van der Waals surface area contributed by atoms with E-state index in [0.29, 0.717) is 5.54 Å². The second-order valence-corrected chi connectivity index (χ2v) is 3.94. The molecule has 0 atom stereocenters. The van der Waals surface area contributed by atoms with E-state index < -0.39 is 0 Å². The molecule has 0 unspecified atom stereocenters. The van der Waals surface area contributed by atoms with Crippen LogP contribution in [0, 0.1) is 0 Å². The Bertz CT molecular complexity index is 124. The van der Waals surface area contributed by atoms with Gasteiger partial charge in [-0.25, -0.2) is 0 Å². The van der Waals surface area contributed by atoms with Gasteiger partial charge in [0.1, 0.15) is 0 Å². The lowest BCUT2D eigenvalue weighted by Gasteiger charge is -2.42. The fraction of sp³-hybridized carbons (Fsp3) is 1.00. The van der Waals surface area contributed by atoms with E-state index in [0.717, 1.165) is 13.1 Å². The highest BCUT2D eigenvalue weighted by Gasteiger charge is 2.28. The van der Waals surface area contributed by atoms with Gasteiger partial charge in [-0.05, 0) is 19.8 Å². The van der Waals surface area contributed by atoms with E-state index in [-0.39, 0.29) is 0 Å². The summed E-state index contributed by atoms with van der Waals surface area (Å²) in [5.41, 5.74) is 0.447. The first-order valence-electron chi connectivity index (χ1n) is 5.18. The average molecular weight is 170 g/mol. The van der Waals surface area contributed by atoms with Gasteiger partial charge in [0, 0.05) is 31.7 Å². The molecule has 0 spiro atoms. The Morgan fingerprint density at radius 3 is 2.08 bits per heavy atom. The van der Waals surface area contributed by atoms with Gasteiger partial charge in [0.25, 0.3) is 0 Å². The smallest absolute Gasteiger partial charge is 0.0177 e. The van der Waals surface area contributed by atoms with E-state index in [9.17, 15) is 0 Å². The molecule has 0 aromatic rings. The summed E-state index contributed by atoms with van der Waals surface area (Å²) in [5, 5.41) is 3.39. The lowest BCUT2D eigenvalue weighted by Crippen LogP contribution is -2.54. The van der Waals surface area contributed by atoms with Gasteiger partial charge in [0.2, 0.25) is 0 Å². The molecule has 0 amide bonds. The van der Waals surface area contributed by atoms with Crippen molar-refractivity contribution in [1.29, 1.82) is 0 Å². The lowest BCUT2D eigenvalue weighted by atomic mass is 9.92. The van der Waals surface area contributed by atoms with E-state index in [1.165, 1.54) is 25.9 Å². The summed E-state index contributed by atoms with van der Waals surface area (Å²) in [6.07, 6.45) is 2.53. The van der Waals surface area contributed by atoms with Crippen molar-refractivity contribution in [2.45, 2.75) is 39.2 Å². The molecule has 0 aromatic heterocycles. The molecular weight excluding hydrogens is 148 g/mol. The molecule has 0 saturated carbocycles. The van der Waals surface area contributed by atoms with Crippen molar-refractivity contribution in [2.75, 3.05) is 26.2 Å². The van der Waals surface area contributed by atoms with Crippen LogP contribution in [0.4, 0.5) is 0 Å². The summed E-state index contributed by atoms with van der Waals surface area (Å²) >= 11 is 0. The zero-order chi connectivity index (χ0) is 9.03. The highest BCUT2D eigenvalue weighted by molar-refractivity contribution is 4.86. The van der Waals surface area contributed by atoms with Crippen molar-refractivity contribution in [2.24, 2.45) is 0 Å². The Balaban J connectivity index is 2.51. The van der Waals surface area contributed by atoms with Crippen molar-refractivity contribution < 1.29 is 0 Å². The molecule has 2 heteroatoms. The van der Waals surface area contributed by atoms with E-state index in [1.54, 1.807) is 0 Å². The van der Waals surface area contributed by atoms with Gasteiger partial charge >= 0.3 is 0 Å². The monoisotopic (exact) mass is 170 g/mol. The topological polar surface area (TPSA) is 15.3 Å². The molecule has 1 heterocycles. The molecule has 2 nitrogen and oxygen atoms in total. The molecule has 1 N–H and O–H groups in total. The molecule has 12 heavy (non-hydrogen) atoms. The predicted octanol–water partition coefficient (Wildman–Crippen LogP) is 1.47. The zero-order valence-corrected chi connectivity index (χ0v) is 8.69. The molecule has 1 fully saturated rings. The Hall–Kier alpha value is -0.0800. The van der Waals surface area contributed by atoms with Gasteiger partial charge in [-0.1, -0.05) is 13.8 Å². The van der Waals surface area contributed by atoms with Crippen LogP contribution in [0.2, 0.25) is 0 Å². The average Bonchev–Trinajstić information content (AvgIpc) is 2.18. The Kier molecular flexibility index (Phi) is 3.53. The molecule has 0 radical (unpaired) electrons. The highest BCUT2D eigenvalue weighted by Crippen LogP contribution is 2.23. The SMILES string of the molecule is CCC(C)(CC)N1CCNCC1. The summed E-state index contributed by atoms with van der Waals surface area (Å²) in [5.74, 6) is 0. The molecule has 1 aliphatic heterocycles. The van der Waals surface area contributed by atoms with Crippen LogP contribution >= 0.6 is 0 Å². The number of hydrogen-bond donors (Lipinski definition) is 1. The molecule has 0 aromatic carbocycles. The number of nitrogens with zero attached hydrogens (tertiary/aromatic N) is 1. The molecular formula is C10H22N2. The van der Waals surface area contributed by atoms with Crippen LogP contribution in [0.3, 0.4) is 0 Å². The van der Waals surface area contributed by atoms with Gasteiger partial charge < -0.3 is 5.32 Å². The molecule has 1 saturated heterocycles. The Labute approximate surface area is 76.3 Å². The number of rotatable bonds is 3. The highest BCUT2D eigenvalue weighted by atomic mass is 15.2. The summed E-state index contributed by atoms with van der Waals surface area (Å²) < 4.78 is 0. The van der Waals surface area contributed by atoms with Gasteiger partial charge in [-0.3, -0.25) is 4.90 Å². The normalized spacial score (nSPS) is 21.2.